The van der Waals surface area contributed by atoms with Gasteiger partial charge < -0.3 is 10.4 Å². The van der Waals surface area contributed by atoms with E-state index in [2.05, 4.69) is 44.2 Å². The van der Waals surface area contributed by atoms with Gasteiger partial charge in [-0.15, -0.1) is 0 Å². The van der Waals surface area contributed by atoms with Gasteiger partial charge in [-0.2, -0.15) is 5.10 Å². The Labute approximate surface area is 110 Å². The normalized spacial score (nSPS) is 12.1. The largest absolute Gasteiger partial charge is 0.394 e. The minimum atomic E-state index is -0.158. The van der Waals surface area contributed by atoms with E-state index in [1.807, 2.05) is 4.68 Å². The van der Waals surface area contributed by atoms with Crippen molar-refractivity contribution in [3.8, 4) is 0 Å². The standard InChI is InChI=1S/C14H27N3O/c1-5-12-9-13(17(8-4)16-12)10-15-14(6-2,7-3)11-18/h9,15,18H,5-8,10-11H2,1-4H3. The molecule has 0 saturated heterocycles. The summed E-state index contributed by atoms with van der Waals surface area (Å²) in [4.78, 5) is 0. The highest BCUT2D eigenvalue weighted by Crippen LogP contribution is 2.15. The van der Waals surface area contributed by atoms with Crippen LogP contribution in [0.3, 0.4) is 0 Å². The van der Waals surface area contributed by atoms with Crippen LogP contribution in [0, 0.1) is 0 Å². The first kappa shape index (κ1) is 15.2. The highest BCUT2D eigenvalue weighted by Gasteiger charge is 2.24. The van der Waals surface area contributed by atoms with E-state index in [-0.39, 0.29) is 12.1 Å². The fourth-order valence-electron chi connectivity index (χ4n) is 2.16. The molecule has 1 rings (SSSR count). The van der Waals surface area contributed by atoms with Crippen LogP contribution in [0.15, 0.2) is 6.07 Å². The third-order valence-corrected chi connectivity index (χ3v) is 3.88. The maximum absolute atomic E-state index is 9.55. The van der Waals surface area contributed by atoms with Gasteiger partial charge in [0.2, 0.25) is 0 Å². The van der Waals surface area contributed by atoms with Gasteiger partial charge in [-0.25, -0.2) is 0 Å². The summed E-state index contributed by atoms with van der Waals surface area (Å²) < 4.78 is 2.04. The number of nitrogens with zero attached hydrogens (tertiary/aromatic N) is 2. The predicted molar refractivity (Wildman–Crippen MR) is 74.5 cm³/mol. The highest BCUT2D eigenvalue weighted by molar-refractivity contribution is 5.11. The van der Waals surface area contributed by atoms with Crippen LogP contribution in [0.5, 0.6) is 0 Å². The van der Waals surface area contributed by atoms with Crippen LogP contribution in [0.1, 0.15) is 51.9 Å². The lowest BCUT2D eigenvalue weighted by molar-refractivity contribution is 0.148. The average molecular weight is 253 g/mol. The zero-order valence-corrected chi connectivity index (χ0v) is 12.2. The number of aliphatic hydroxyl groups excluding tert-OH is 1. The van der Waals surface area contributed by atoms with Gasteiger partial charge in [-0.3, -0.25) is 4.68 Å². The summed E-state index contributed by atoms with van der Waals surface area (Å²) in [6, 6.07) is 2.16. The van der Waals surface area contributed by atoms with Crippen molar-refractivity contribution in [2.75, 3.05) is 6.61 Å². The molecule has 1 aromatic heterocycles. The molecular weight excluding hydrogens is 226 g/mol. The second-order valence-corrected chi connectivity index (χ2v) is 4.80. The maximum atomic E-state index is 9.55. The Hall–Kier alpha value is -0.870. The molecule has 2 N–H and O–H groups in total. The third kappa shape index (κ3) is 3.33. The number of aromatic nitrogens is 2. The van der Waals surface area contributed by atoms with Gasteiger partial charge in [0, 0.05) is 18.6 Å². The molecule has 0 bridgehead atoms. The maximum Gasteiger partial charge on any atom is 0.0625 e. The fourth-order valence-corrected chi connectivity index (χ4v) is 2.16. The molecule has 0 atom stereocenters. The Kier molecular flexibility index (Phi) is 5.82. The van der Waals surface area contributed by atoms with Crippen LogP contribution in [-0.2, 0) is 19.5 Å². The Morgan fingerprint density at radius 1 is 1.28 bits per heavy atom. The molecule has 0 aliphatic rings. The molecule has 0 aliphatic heterocycles. The van der Waals surface area contributed by atoms with E-state index < -0.39 is 0 Å². The topological polar surface area (TPSA) is 50.1 Å². The van der Waals surface area contributed by atoms with Crippen LogP contribution >= 0.6 is 0 Å². The van der Waals surface area contributed by atoms with Gasteiger partial charge >= 0.3 is 0 Å². The molecule has 0 radical (unpaired) electrons. The molecule has 0 spiro atoms. The summed E-state index contributed by atoms with van der Waals surface area (Å²) in [5.41, 5.74) is 2.18. The van der Waals surface area contributed by atoms with Crippen molar-refractivity contribution in [1.82, 2.24) is 15.1 Å². The molecule has 0 fully saturated rings. The highest BCUT2D eigenvalue weighted by atomic mass is 16.3. The van der Waals surface area contributed by atoms with Crippen LogP contribution in [0.25, 0.3) is 0 Å². The minimum absolute atomic E-state index is 0.158. The van der Waals surface area contributed by atoms with Crippen LogP contribution in [0.2, 0.25) is 0 Å². The zero-order valence-electron chi connectivity index (χ0n) is 12.2. The smallest absolute Gasteiger partial charge is 0.0625 e. The second-order valence-electron chi connectivity index (χ2n) is 4.80. The molecule has 0 amide bonds. The number of rotatable bonds is 8. The lowest BCUT2D eigenvalue weighted by Gasteiger charge is -2.31. The average Bonchev–Trinajstić information content (AvgIpc) is 2.83. The van der Waals surface area contributed by atoms with E-state index in [0.29, 0.717) is 0 Å². The van der Waals surface area contributed by atoms with E-state index in [1.165, 1.54) is 5.69 Å². The van der Waals surface area contributed by atoms with E-state index >= 15 is 0 Å². The molecule has 0 aromatic carbocycles. The quantitative estimate of drug-likeness (QED) is 0.746. The predicted octanol–water partition coefficient (Wildman–Crippen LogP) is 2.11. The van der Waals surface area contributed by atoms with Crippen molar-refractivity contribution in [1.29, 1.82) is 0 Å². The van der Waals surface area contributed by atoms with Crippen LogP contribution in [0.4, 0.5) is 0 Å². The number of aliphatic hydroxyl groups is 1. The summed E-state index contributed by atoms with van der Waals surface area (Å²) in [7, 11) is 0. The molecule has 0 aliphatic carbocycles. The SMILES string of the molecule is CCc1cc(CNC(CC)(CC)CO)n(CC)n1. The monoisotopic (exact) mass is 253 g/mol. The van der Waals surface area contributed by atoms with E-state index in [1.54, 1.807) is 0 Å². The number of nitrogens with one attached hydrogen (secondary N) is 1. The summed E-state index contributed by atoms with van der Waals surface area (Å²) in [6.07, 6.45) is 2.83. The van der Waals surface area contributed by atoms with Crippen LogP contribution in [-0.4, -0.2) is 27.0 Å². The summed E-state index contributed by atoms with van der Waals surface area (Å²) in [5.74, 6) is 0. The lowest BCUT2D eigenvalue weighted by atomic mass is 9.94. The van der Waals surface area contributed by atoms with E-state index in [0.717, 1.165) is 38.0 Å². The van der Waals surface area contributed by atoms with Crippen LogP contribution < -0.4 is 5.32 Å². The summed E-state index contributed by atoms with van der Waals surface area (Å²) in [6.45, 7) is 10.3. The number of hydrogen-bond acceptors (Lipinski definition) is 3. The Morgan fingerprint density at radius 2 is 1.94 bits per heavy atom. The van der Waals surface area contributed by atoms with Crippen molar-refractivity contribution >= 4 is 0 Å². The molecule has 0 unspecified atom stereocenters. The van der Waals surface area contributed by atoms with Gasteiger partial charge in [0.25, 0.3) is 0 Å². The molecule has 4 heteroatoms. The first-order chi connectivity index (χ1) is 8.64. The van der Waals surface area contributed by atoms with Crippen molar-refractivity contribution < 1.29 is 5.11 Å². The second kappa shape index (κ2) is 6.90. The summed E-state index contributed by atoms with van der Waals surface area (Å²) in [5, 5.41) is 17.6. The number of hydrogen-bond donors (Lipinski definition) is 2. The van der Waals surface area contributed by atoms with E-state index in [9.17, 15) is 5.11 Å². The van der Waals surface area contributed by atoms with Gasteiger partial charge in [0.05, 0.1) is 18.0 Å². The molecule has 18 heavy (non-hydrogen) atoms. The van der Waals surface area contributed by atoms with Gasteiger partial charge in [0.15, 0.2) is 0 Å². The Bertz CT molecular complexity index is 348. The zero-order chi connectivity index (χ0) is 13.6. The van der Waals surface area contributed by atoms with Gasteiger partial charge in [0.1, 0.15) is 0 Å². The minimum Gasteiger partial charge on any atom is -0.394 e. The van der Waals surface area contributed by atoms with Gasteiger partial charge in [-0.1, -0.05) is 20.8 Å². The Balaban J connectivity index is 2.75. The van der Waals surface area contributed by atoms with Crippen molar-refractivity contribution in [2.24, 2.45) is 0 Å². The first-order valence-corrected chi connectivity index (χ1v) is 7.06. The fraction of sp³-hybridized carbons (Fsp3) is 0.786. The molecule has 1 aromatic rings. The molecular formula is C14H27N3O. The van der Waals surface area contributed by atoms with Crippen molar-refractivity contribution in [3.05, 3.63) is 17.5 Å². The first-order valence-electron chi connectivity index (χ1n) is 7.06. The number of aryl methyl sites for hydroxylation is 2. The molecule has 0 saturated carbocycles. The third-order valence-electron chi connectivity index (χ3n) is 3.88. The van der Waals surface area contributed by atoms with Crippen molar-refractivity contribution in [2.45, 2.75) is 65.6 Å². The summed E-state index contributed by atoms with van der Waals surface area (Å²) >= 11 is 0. The molecule has 4 nitrogen and oxygen atoms in total. The van der Waals surface area contributed by atoms with Gasteiger partial charge in [-0.05, 0) is 32.3 Å². The Morgan fingerprint density at radius 3 is 2.39 bits per heavy atom. The van der Waals surface area contributed by atoms with Crippen molar-refractivity contribution in [3.63, 3.8) is 0 Å². The lowest BCUT2D eigenvalue weighted by Crippen LogP contribution is -2.47. The van der Waals surface area contributed by atoms with E-state index in [4.69, 9.17) is 0 Å². The molecule has 1 heterocycles. The molecule has 104 valence electrons.